The number of benzene rings is 1. The fraction of sp³-hybridized carbons (Fsp3) is 0.348. The van der Waals surface area contributed by atoms with Gasteiger partial charge in [-0.1, -0.05) is 26.0 Å². The Kier molecular flexibility index (Phi) is 9.95. The van der Waals surface area contributed by atoms with E-state index in [1.54, 1.807) is 32.0 Å². The van der Waals surface area contributed by atoms with Gasteiger partial charge in [0.15, 0.2) is 6.61 Å². The molecule has 1 heterocycles. The predicted octanol–water partition coefficient (Wildman–Crippen LogP) is 2.90. The second-order valence-electron chi connectivity index (χ2n) is 7.02. The van der Waals surface area contributed by atoms with Gasteiger partial charge in [-0.3, -0.25) is 9.59 Å². The molecule has 1 amide bonds. The van der Waals surface area contributed by atoms with E-state index in [0.717, 1.165) is 4.88 Å². The van der Waals surface area contributed by atoms with E-state index in [1.807, 2.05) is 6.07 Å². The molecule has 2 rings (SSSR count). The van der Waals surface area contributed by atoms with Crippen LogP contribution in [-0.2, 0) is 30.8 Å². The van der Waals surface area contributed by atoms with Gasteiger partial charge >= 0.3 is 5.97 Å². The van der Waals surface area contributed by atoms with Crippen LogP contribution in [0.5, 0.6) is 0 Å². The third-order valence-corrected chi connectivity index (χ3v) is 7.91. The van der Waals surface area contributed by atoms with Crippen molar-refractivity contribution in [2.24, 2.45) is 0 Å². The van der Waals surface area contributed by atoms with Crippen LogP contribution in [0.15, 0.2) is 47.4 Å². The summed E-state index contributed by atoms with van der Waals surface area (Å²) in [6.07, 6.45) is 3.30. The number of esters is 1. The molecule has 33 heavy (non-hydrogen) atoms. The number of nitrogens with one attached hydrogen (secondary N) is 1. The van der Waals surface area contributed by atoms with Gasteiger partial charge in [0.2, 0.25) is 21.7 Å². The molecule has 0 fully saturated rings. The summed E-state index contributed by atoms with van der Waals surface area (Å²) < 4.78 is 31.4. The molecule has 0 saturated heterocycles. The molecule has 0 saturated carbocycles. The average Bonchev–Trinajstić information content (AvgIpc) is 3.25. The maximum absolute atomic E-state index is 12.5. The van der Waals surface area contributed by atoms with Crippen molar-refractivity contribution in [2.45, 2.75) is 32.1 Å². The summed E-state index contributed by atoms with van der Waals surface area (Å²) in [5.41, 5.74) is 0.624. The number of sulfonamides is 1. The van der Waals surface area contributed by atoms with Crippen molar-refractivity contribution >= 4 is 45.1 Å². The van der Waals surface area contributed by atoms with Crippen LogP contribution in [0.4, 0.5) is 0 Å². The zero-order valence-electron chi connectivity index (χ0n) is 18.9. The first-order valence-corrected chi connectivity index (χ1v) is 12.7. The average molecular weight is 493 g/mol. The molecule has 1 N–H and O–H groups in total. The van der Waals surface area contributed by atoms with Crippen LogP contribution < -0.4 is 5.32 Å². The smallest absolute Gasteiger partial charge is 0.331 e. The van der Waals surface area contributed by atoms with Crippen LogP contribution in [-0.4, -0.2) is 56.6 Å². The van der Waals surface area contributed by atoms with Crippen LogP contribution >= 0.6 is 11.3 Å². The molecule has 0 atom stereocenters. The Hall–Kier alpha value is -2.82. The summed E-state index contributed by atoms with van der Waals surface area (Å²) in [5.74, 6) is -1.09. The molecule has 0 bridgehead atoms. The van der Waals surface area contributed by atoms with Gasteiger partial charge in [-0.15, -0.1) is 11.3 Å². The Bertz CT molecular complexity index is 1100. The number of Topliss-reactive ketones (excluding diaryl/α,β-unsaturated/α-hetero) is 1. The lowest BCUT2D eigenvalue weighted by Crippen LogP contribution is -2.30. The summed E-state index contributed by atoms with van der Waals surface area (Å²) in [4.78, 5) is 36.7. The van der Waals surface area contributed by atoms with Crippen molar-refractivity contribution in [1.82, 2.24) is 9.62 Å². The molecule has 1 aromatic carbocycles. The van der Waals surface area contributed by atoms with Gasteiger partial charge < -0.3 is 10.1 Å². The van der Waals surface area contributed by atoms with Gasteiger partial charge in [0.05, 0.1) is 9.77 Å². The van der Waals surface area contributed by atoms with Gasteiger partial charge in [-0.2, -0.15) is 4.31 Å². The molecule has 0 aliphatic heterocycles. The zero-order chi connectivity index (χ0) is 24.4. The van der Waals surface area contributed by atoms with Crippen LogP contribution in [0, 0.1) is 0 Å². The van der Waals surface area contributed by atoms with Crippen molar-refractivity contribution in [3.63, 3.8) is 0 Å². The fourth-order valence-electron chi connectivity index (χ4n) is 2.91. The number of ketones is 1. The first kappa shape index (κ1) is 26.4. The Morgan fingerprint density at radius 3 is 2.33 bits per heavy atom. The SMILES string of the molecule is CCN(CC)S(=O)(=O)c1ccc(/C=C/C(=O)OCC(=O)c2ccc(CCNC(C)=O)s2)cc1. The normalized spacial score (nSPS) is 11.6. The molecule has 8 nitrogen and oxygen atoms in total. The van der Waals surface area contributed by atoms with E-state index in [1.165, 1.54) is 46.9 Å². The summed E-state index contributed by atoms with van der Waals surface area (Å²) in [7, 11) is -3.54. The van der Waals surface area contributed by atoms with Crippen molar-refractivity contribution < 1.29 is 27.5 Å². The number of nitrogens with zero attached hydrogens (tertiary/aromatic N) is 1. The number of carbonyl (C=O) groups is 3. The number of thiophene rings is 1. The monoisotopic (exact) mass is 492 g/mol. The highest BCUT2D eigenvalue weighted by Gasteiger charge is 2.21. The first-order chi connectivity index (χ1) is 15.7. The standard InChI is InChI=1S/C23H28N2O6S2/c1-4-25(5-2)33(29,30)20-10-6-18(7-11-20)8-13-23(28)31-16-21(27)22-12-9-19(32-22)14-15-24-17(3)26/h6-13H,4-5,14-16H2,1-3H3,(H,24,26)/b13-8+. The highest BCUT2D eigenvalue weighted by Crippen LogP contribution is 2.18. The third-order valence-electron chi connectivity index (χ3n) is 4.66. The van der Waals surface area contributed by atoms with Crippen LogP contribution in [0.3, 0.4) is 0 Å². The van der Waals surface area contributed by atoms with E-state index >= 15 is 0 Å². The number of carbonyl (C=O) groups excluding carboxylic acids is 3. The van der Waals surface area contributed by atoms with Gasteiger partial charge in [0.25, 0.3) is 0 Å². The van der Waals surface area contributed by atoms with Crippen molar-refractivity contribution in [2.75, 3.05) is 26.2 Å². The van der Waals surface area contributed by atoms with Gasteiger partial charge in [-0.05, 0) is 42.3 Å². The van der Waals surface area contributed by atoms with Gasteiger partial charge in [-0.25, -0.2) is 13.2 Å². The second kappa shape index (κ2) is 12.4. The third kappa shape index (κ3) is 7.92. The second-order valence-corrected chi connectivity index (χ2v) is 10.1. The highest BCUT2D eigenvalue weighted by atomic mass is 32.2. The number of hydrogen-bond acceptors (Lipinski definition) is 7. The summed E-state index contributed by atoms with van der Waals surface area (Å²) in [5, 5.41) is 2.69. The molecular weight excluding hydrogens is 464 g/mol. The number of amides is 1. The predicted molar refractivity (Wildman–Crippen MR) is 128 cm³/mol. The molecule has 0 aliphatic rings. The van der Waals surface area contributed by atoms with E-state index < -0.39 is 16.0 Å². The van der Waals surface area contributed by atoms with Crippen molar-refractivity contribution in [3.8, 4) is 0 Å². The molecule has 0 radical (unpaired) electrons. The minimum absolute atomic E-state index is 0.108. The van der Waals surface area contributed by atoms with Crippen LogP contribution in [0.2, 0.25) is 0 Å². The quantitative estimate of drug-likeness (QED) is 0.277. The highest BCUT2D eigenvalue weighted by molar-refractivity contribution is 7.89. The summed E-state index contributed by atoms with van der Waals surface area (Å²) in [6.45, 7) is 5.88. The van der Waals surface area contributed by atoms with E-state index in [2.05, 4.69) is 5.32 Å². The molecule has 2 aromatic rings. The molecule has 0 unspecified atom stereocenters. The molecular formula is C23H28N2O6S2. The number of rotatable bonds is 12. The van der Waals surface area contributed by atoms with E-state index in [-0.39, 0.29) is 23.2 Å². The zero-order valence-corrected chi connectivity index (χ0v) is 20.5. The van der Waals surface area contributed by atoms with E-state index in [4.69, 9.17) is 4.74 Å². The van der Waals surface area contributed by atoms with Crippen LogP contribution in [0.1, 0.15) is 40.9 Å². The Morgan fingerprint density at radius 1 is 1.06 bits per heavy atom. The minimum atomic E-state index is -3.54. The lowest BCUT2D eigenvalue weighted by molar-refractivity contribution is -0.136. The molecule has 1 aromatic heterocycles. The Balaban J connectivity index is 1.87. The van der Waals surface area contributed by atoms with Crippen LogP contribution in [0.25, 0.3) is 6.08 Å². The molecule has 0 aliphatic carbocycles. The van der Waals surface area contributed by atoms with E-state index in [9.17, 15) is 22.8 Å². The van der Waals surface area contributed by atoms with Gasteiger partial charge in [0.1, 0.15) is 0 Å². The lowest BCUT2D eigenvalue weighted by Gasteiger charge is -2.18. The Labute approximate surface area is 198 Å². The van der Waals surface area contributed by atoms with E-state index in [0.29, 0.717) is 36.5 Å². The topological polar surface area (TPSA) is 110 Å². The minimum Gasteiger partial charge on any atom is -0.454 e. The van der Waals surface area contributed by atoms with Crippen molar-refractivity contribution in [1.29, 1.82) is 0 Å². The first-order valence-electron chi connectivity index (χ1n) is 10.5. The molecule has 0 spiro atoms. The van der Waals surface area contributed by atoms with Crippen molar-refractivity contribution in [3.05, 3.63) is 57.8 Å². The Morgan fingerprint density at radius 2 is 1.73 bits per heavy atom. The summed E-state index contributed by atoms with van der Waals surface area (Å²) >= 11 is 1.30. The number of ether oxygens (including phenoxy) is 1. The largest absolute Gasteiger partial charge is 0.454 e. The van der Waals surface area contributed by atoms with Gasteiger partial charge in [0, 0.05) is 37.5 Å². The lowest BCUT2D eigenvalue weighted by atomic mass is 10.2. The maximum atomic E-state index is 12.5. The maximum Gasteiger partial charge on any atom is 0.331 e. The number of hydrogen-bond donors (Lipinski definition) is 1. The fourth-order valence-corrected chi connectivity index (χ4v) is 5.30. The molecule has 10 heteroatoms. The molecule has 178 valence electrons. The summed E-state index contributed by atoms with van der Waals surface area (Å²) in [6, 6.07) is 9.66.